The SMILES string of the molecule is CN(C)C(=O)c1ccc(N2CC(S(=O)(=O)Cl)CC2=O)cc1Cl. The van der Waals surface area contributed by atoms with Crippen molar-refractivity contribution in [1.82, 2.24) is 4.90 Å². The van der Waals surface area contributed by atoms with Crippen LogP contribution in [0.5, 0.6) is 0 Å². The topological polar surface area (TPSA) is 74.8 Å². The molecule has 0 aliphatic carbocycles. The van der Waals surface area contributed by atoms with Crippen molar-refractivity contribution < 1.29 is 18.0 Å². The summed E-state index contributed by atoms with van der Waals surface area (Å²) in [6.45, 7) is -0.0258. The fourth-order valence-electron chi connectivity index (χ4n) is 2.20. The van der Waals surface area contributed by atoms with Gasteiger partial charge in [0.1, 0.15) is 5.25 Å². The summed E-state index contributed by atoms with van der Waals surface area (Å²) < 4.78 is 22.7. The summed E-state index contributed by atoms with van der Waals surface area (Å²) in [6, 6.07) is 4.54. The van der Waals surface area contributed by atoms with Gasteiger partial charge in [0.25, 0.3) is 5.91 Å². The van der Waals surface area contributed by atoms with E-state index in [0.717, 1.165) is 0 Å². The van der Waals surface area contributed by atoms with Crippen LogP contribution in [0, 0.1) is 0 Å². The second kappa shape index (κ2) is 6.06. The maximum Gasteiger partial charge on any atom is 0.254 e. The number of hydrogen-bond donors (Lipinski definition) is 0. The molecule has 0 bridgehead atoms. The number of hydrogen-bond acceptors (Lipinski definition) is 4. The summed E-state index contributed by atoms with van der Waals surface area (Å²) in [5, 5.41) is -0.746. The van der Waals surface area contributed by atoms with E-state index in [2.05, 4.69) is 0 Å². The maximum absolute atomic E-state index is 12.0. The van der Waals surface area contributed by atoms with Crippen LogP contribution in [-0.4, -0.2) is 51.0 Å². The minimum absolute atomic E-state index is 0.0258. The average Bonchev–Trinajstić information content (AvgIpc) is 2.80. The minimum Gasteiger partial charge on any atom is -0.345 e. The quantitative estimate of drug-likeness (QED) is 0.765. The zero-order valence-electron chi connectivity index (χ0n) is 11.9. The molecule has 9 heteroatoms. The van der Waals surface area contributed by atoms with Gasteiger partial charge >= 0.3 is 0 Å². The lowest BCUT2D eigenvalue weighted by molar-refractivity contribution is -0.117. The lowest BCUT2D eigenvalue weighted by atomic mass is 10.1. The molecule has 1 aromatic rings. The largest absolute Gasteiger partial charge is 0.345 e. The molecule has 0 N–H and O–H groups in total. The number of halogens is 2. The Morgan fingerprint density at radius 1 is 1.36 bits per heavy atom. The van der Waals surface area contributed by atoms with E-state index in [-0.39, 0.29) is 29.8 Å². The third kappa shape index (κ3) is 3.37. The van der Waals surface area contributed by atoms with Gasteiger partial charge in [0.2, 0.25) is 15.0 Å². The van der Waals surface area contributed by atoms with Crippen LogP contribution in [0.2, 0.25) is 5.02 Å². The van der Waals surface area contributed by atoms with Crippen LogP contribution < -0.4 is 4.90 Å². The van der Waals surface area contributed by atoms with Gasteiger partial charge in [0, 0.05) is 43.4 Å². The monoisotopic (exact) mass is 364 g/mol. The van der Waals surface area contributed by atoms with E-state index in [4.69, 9.17) is 22.3 Å². The fourth-order valence-corrected chi connectivity index (χ4v) is 3.48. The number of nitrogens with zero attached hydrogens (tertiary/aromatic N) is 2. The molecular weight excluding hydrogens is 351 g/mol. The second-order valence-electron chi connectivity index (χ2n) is 5.17. The fraction of sp³-hybridized carbons (Fsp3) is 0.385. The molecule has 1 heterocycles. The van der Waals surface area contributed by atoms with Gasteiger partial charge in [-0.05, 0) is 18.2 Å². The summed E-state index contributed by atoms with van der Waals surface area (Å²) >= 11 is 6.09. The van der Waals surface area contributed by atoms with Crippen LogP contribution >= 0.6 is 22.3 Å². The predicted molar refractivity (Wildman–Crippen MR) is 85.0 cm³/mol. The van der Waals surface area contributed by atoms with E-state index < -0.39 is 14.3 Å². The second-order valence-corrected chi connectivity index (χ2v) is 8.49. The lowest BCUT2D eigenvalue weighted by Crippen LogP contribution is -2.27. The van der Waals surface area contributed by atoms with Crippen LogP contribution in [0.15, 0.2) is 18.2 Å². The van der Waals surface area contributed by atoms with Gasteiger partial charge in [-0.3, -0.25) is 9.59 Å². The maximum atomic E-state index is 12.0. The van der Waals surface area contributed by atoms with Crippen molar-refractivity contribution >= 4 is 48.8 Å². The number of amides is 2. The molecule has 1 atom stereocenters. The highest BCUT2D eigenvalue weighted by atomic mass is 35.7. The normalized spacial score (nSPS) is 18.6. The van der Waals surface area contributed by atoms with E-state index in [1.54, 1.807) is 20.2 Å². The van der Waals surface area contributed by atoms with Crippen LogP contribution in [0.4, 0.5) is 5.69 Å². The van der Waals surface area contributed by atoms with Crippen LogP contribution in [0.3, 0.4) is 0 Å². The number of carbonyl (C=O) groups is 2. The Morgan fingerprint density at radius 2 is 2.00 bits per heavy atom. The molecule has 0 spiro atoms. The zero-order chi connectivity index (χ0) is 16.7. The standard InChI is InChI=1S/C13H14Cl2N2O4S/c1-16(2)13(19)10-4-3-8(5-11(10)14)17-7-9(6-12(17)18)22(15,20)21/h3-5,9H,6-7H2,1-2H3. The van der Waals surface area contributed by atoms with Gasteiger partial charge in [0.15, 0.2) is 0 Å². The van der Waals surface area contributed by atoms with Gasteiger partial charge in [0.05, 0.1) is 10.6 Å². The van der Waals surface area contributed by atoms with Gasteiger partial charge in [-0.1, -0.05) is 11.6 Å². The van der Waals surface area contributed by atoms with E-state index in [9.17, 15) is 18.0 Å². The van der Waals surface area contributed by atoms with Crippen molar-refractivity contribution in [1.29, 1.82) is 0 Å². The Bertz CT molecular complexity index is 734. The summed E-state index contributed by atoms with van der Waals surface area (Å²) in [5.74, 6) is -0.609. The third-order valence-electron chi connectivity index (χ3n) is 3.39. The number of rotatable bonds is 3. The highest BCUT2D eigenvalue weighted by molar-refractivity contribution is 8.14. The van der Waals surface area contributed by atoms with Gasteiger partial charge < -0.3 is 9.80 Å². The molecule has 1 aliphatic rings. The number of anilines is 1. The first-order valence-electron chi connectivity index (χ1n) is 6.36. The zero-order valence-corrected chi connectivity index (χ0v) is 14.2. The molecule has 6 nitrogen and oxygen atoms in total. The van der Waals surface area contributed by atoms with E-state index in [1.165, 1.54) is 21.9 Å². The van der Waals surface area contributed by atoms with Crippen molar-refractivity contribution in [3.8, 4) is 0 Å². The average molecular weight is 365 g/mol. The molecular formula is C13H14Cl2N2O4S. The predicted octanol–water partition coefficient (Wildman–Crippen LogP) is 1.72. The molecule has 0 saturated carbocycles. The molecule has 1 unspecified atom stereocenters. The number of carbonyl (C=O) groups excluding carboxylic acids is 2. The van der Waals surface area contributed by atoms with Crippen LogP contribution in [-0.2, 0) is 13.8 Å². The van der Waals surface area contributed by atoms with Crippen LogP contribution in [0.25, 0.3) is 0 Å². The van der Waals surface area contributed by atoms with Crippen molar-refractivity contribution in [3.05, 3.63) is 28.8 Å². The van der Waals surface area contributed by atoms with Crippen molar-refractivity contribution in [2.45, 2.75) is 11.7 Å². The molecule has 1 aromatic carbocycles. The van der Waals surface area contributed by atoms with Crippen LogP contribution in [0.1, 0.15) is 16.8 Å². The van der Waals surface area contributed by atoms with E-state index in [0.29, 0.717) is 11.3 Å². The lowest BCUT2D eigenvalue weighted by Gasteiger charge is -2.18. The summed E-state index contributed by atoms with van der Waals surface area (Å²) in [5.41, 5.74) is 0.747. The molecule has 1 aliphatic heterocycles. The number of benzene rings is 1. The molecule has 2 amide bonds. The Balaban J connectivity index is 2.30. The molecule has 0 radical (unpaired) electrons. The van der Waals surface area contributed by atoms with Gasteiger partial charge in [-0.15, -0.1) is 0 Å². The van der Waals surface area contributed by atoms with Gasteiger partial charge in [-0.2, -0.15) is 0 Å². The van der Waals surface area contributed by atoms with Crippen molar-refractivity contribution in [2.24, 2.45) is 0 Å². The molecule has 0 aromatic heterocycles. The Hall–Kier alpha value is -1.31. The van der Waals surface area contributed by atoms with Gasteiger partial charge in [-0.25, -0.2) is 8.42 Å². The molecule has 22 heavy (non-hydrogen) atoms. The Kier molecular flexibility index (Phi) is 4.70. The van der Waals surface area contributed by atoms with Crippen molar-refractivity contribution in [2.75, 3.05) is 25.5 Å². The molecule has 2 rings (SSSR count). The third-order valence-corrected chi connectivity index (χ3v) is 5.57. The van der Waals surface area contributed by atoms with Crippen molar-refractivity contribution in [3.63, 3.8) is 0 Å². The molecule has 120 valence electrons. The minimum atomic E-state index is -3.80. The molecule has 1 fully saturated rings. The highest BCUT2D eigenvalue weighted by Crippen LogP contribution is 2.30. The first-order chi connectivity index (χ1) is 10.1. The highest BCUT2D eigenvalue weighted by Gasteiger charge is 2.38. The Morgan fingerprint density at radius 3 is 2.45 bits per heavy atom. The summed E-state index contributed by atoms with van der Waals surface area (Å²) in [6.07, 6.45) is -0.165. The first kappa shape index (κ1) is 17.1. The smallest absolute Gasteiger partial charge is 0.254 e. The summed E-state index contributed by atoms with van der Waals surface area (Å²) in [4.78, 5) is 26.6. The molecule has 1 saturated heterocycles. The summed E-state index contributed by atoms with van der Waals surface area (Å²) in [7, 11) is 4.71. The van der Waals surface area contributed by atoms with E-state index >= 15 is 0 Å². The first-order valence-corrected chi connectivity index (χ1v) is 9.11. The Labute approximate surface area is 138 Å². The van der Waals surface area contributed by atoms with E-state index in [1.807, 2.05) is 0 Å².